The van der Waals surface area contributed by atoms with Crippen molar-refractivity contribution >= 4 is 5.97 Å². The van der Waals surface area contributed by atoms with Gasteiger partial charge in [-0.2, -0.15) is 0 Å². The minimum Gasteiger partial charge on any atom is -0.467 e. The molecule has 0 N–H and O–H groups in total. The van der Waals surface area contributed by atoms with Gasteiger partial charge in [-0.05, 0) is 5.92 Å². The molecule has 0 aromatic heterocycles. The molecular weight excluding hydrogens is 172 g/mol. The zero-order valence-electron chi connectivity index (χ0n) is 8.49. The van der Waals surface area contributed by atoms with Crippen LogP contribution in [0.2, 0.25) is 0 Å². The Morgan fingerprint density at radius 2 is 2.15 bits per heavy atom. The van der Waals surface area contributed by atoms with E-state index < -0.39 is 11.7 Å². The molecule has 4 nitrogen and oxygen atoms in total. The molecule has 0 saturated carbocycles. The number of ether oxygens (including phenoxy) is 3. The van der Waals surface area contributed by atoms with Crippen LogP contribution in [0, 0.1) is 5.92 Å². The Morgan fingerprint density at radius 3 is 2.54 bits per heavy atom. The summed E-state index contributed by atoms with van der Waals surface area (Å²) in [7, 11) is 2.96. The first kappa shape index (κ1) is 10.5. The van der Waals surface area contributed by atoms with E-state index in [1.54, 1.807) is 7.11 Å². The highest BCUT2D eigenvalue weighted by molar-refractivity contribution is 5.79. The minimum atomic E-state index is -0.457. The van der Waals surface area contributed by atoms with Crippen molar-refractivity contribution < 1.29 is 19.0 Å². The second-order valence-corrected chi connectivity index (χ2v) is 3.56. The molecule has 0 bridgehead atoms. The number of hydrogen-bond donors (Lipinski definition) is 0. The van der Waals surface area contributed by atoms with Gasteiger partial charge in [0.15, 0.2) is 6.10 Å². The summed E-state index contributed by atoms with van der Waals surface area (Å²) >= 11 is 0. The highest BCUT2D eigenvalue weighted by atomic mass is 16.7. The van der Waals surface area contributed by atoms with Crippen molar-refractivity contribution in [2.24, 2.45) is 5.92 Å². The third-order valence-electron chi connectivity index (χ3n) is 2.49. The Labute approximate surface area is 78.2 Å². The van der Waals surface area contributed by atoms with E-state index in [1.807, 2.05) is 13.8 Å². The summed E-state index contributed by atoms with van der Waals surface area (Å²) in [5.74, 6) is -0.0673. The molecule has 0 aliphatic carbocycles. The fourth-order valence-corrected chi connectivity index (χ4v) is 1.48. The summed E-state index contributed by atoms with van der Waals surface area (Å²) in [6.45, 7) is 4.44. The van der Waals surface area contributed by atoms with E-state index >= 15 is 0 Å². The maximum absolute atomic E-state index is 11.2. The molecule has 0 radical (unpaired) electrons. The van der Waals surface area contributed by atoms with Crippen LogP contribution in [0.5, 0.6) is 0 Å². The van der Waals surface area contributed by atoms with Crippen LogP contribution < -0.4 is 0 Å². The van der Waals surface area contributed by atoms with Gasteiger partial charge in [-0.25, -0.2) is 4.79 Å². The van der Waals surface area contributed by atoms with Crippen molar-refractivity contribution in [2.45, 2.75) is 25.6 Å². The lowest BCUT2D eigenvalue weighted by Crippen LogP contribution is -2.32. The van der Waals surface area contributed by atoms with E-state index in [9.17, 15) is 4.79 Å². The van der Waals surface area contributed by atoms with Crippen LogP contribution in [0.4, 0.5) is 0 Å². The molecule has 1 aliphatic heterocycles. The van der Waals surface area contributed by atoms with Crippen molar-refractivity contribution in [2.75, 3.05) is 20.8 Å². The van der Waals surface area contributed by atoms with Crippen molar-refractivity contribution in [3.8, 4) is 0 Å². The first-order valence-corrected chi connectivity index (χ1v) is 4.33. The fourth-order valence-electron chi connectivity index (χ4n) is 1.48. The Kier molecular flexibility index (Phi) is 2.93. The molecule has 4 heteroatoms. The summed E-state index contributed by atoms with van der Waals surface area (Å²) in [4.78, 5) is 11.2. The van der Waals surface area contributed by atoms with Crippen LogP contribution in [0.25, 0.3) is 0 Å². The monoisotopic (exact) mass is 188 g/mol. The maximum atomic E-state index is 11.2. The standard InChI is InChI=1S/C9H16O4/c1-6(2)9(5-11-3)7(13-9)8(10)12-4/h6-7H,5H2,1-4H3. The largest absolute Gasteiger partial charge is 0.467 e. The molecule has 1 heterocycles. The maximum Gasteiger partial charge on any atom is 0.338 e. The topological polar surface area (TPSA) is 48.1 Å². The third kappa shape index (κ3) is 1.69. The van der Waals surface area contributed by atoms with E-state index in [0.717, 1.165) is 0 Å². The van der Waals surface area contributed by atoms with Crippen molar-refractivity contribution in [1.82, 2.24) is 0 Å². The first-order chi connectivity index (χ1) is 6.08. The summed E-state index contributed by atoms with van der Waals surface area (Å²) in [6, 6.07) is 0. The Hall–Kier alpha value is -0.610. The van der Waals surface area contributed by atoms with Gasteiger partial charge in [-0.1, -0.05) is 13.8 Å². The lowest BCUT2D eigenvalue weighted by molar-refractivity contribution is -0.142. The normalized spacial score (nSPS) is 31.9. The number of esters is 1. The molecule has 0 aromatic carbocycles. The van der Waals surface area contributed by atoms with E-state index in [2.05, 4.69) is 4.74 Å². The van der Waals surface area contributed by atoms with Crippen LogP contribution in [-0.4, -0.2) is 38.5 Å². The fraction of sp³-hybridized carbons (Fsp3) is 0.889. The zero-order valence-corrected chi connectivity index (χ0v) is 8.49. The van der Waals surface area contributed by atoms with Crippen LogP contribution in [0.15, 0.2) is 0 Å². The molecule has 1 fully saturated rings. The highest BCUT2D eigenvalue weighted by Gasteiger charge is 2.63. The van der Waals surface area contributed by atoms with Crippen molar-refractivity contribution in [1.29, 1.82) is 0 Å². The molecule has 2 atom stereocenters. The second-order valence-electron chi connectivity index (χ2n) is 3.56. The van der Waals surface area contributed by atoms with Gasteiger partial charge in [0, 0.05) is 7.11 Å². The van der Waals surface area contributed by atoms with Crippen LogP contribution in [0.3, 0.4) is 0 Å². The van der Waals surface area contributed by atoms with E-state index in [-0.39, 0.29) is 11.9 Å². The Bertz CT molecular complexity index is 202. The van der Waals surface area contributed by atoms with Crippen LogP contribution in [0.1, 0.15) is 13.8 Å². The number of carbonyl (C=O) groups is 1. The lowest BCUT2D eigenvalue weighted by Gasteiger charge is -2.14. The minimum absolute atomic E-state index is 0.247. The van der Waals surface area contributed by atoms with Gasteiger partial charge < -0.3 is 14.2 Å². The van der Waals surface area contributed by atoms with Crippen LogP contribution in [-0.2, 0) is 19.0 Å². The van der Waals surface area contributed by atoms with Gasteiger partial charge in [0.05, 0.1) is 13.7 Å². The quantitative estimate of drug-likeness (QED) is 0.479. The molecule has 76 valence electrons. The molecule has 13 heavy (non-hydrogen) atoms. The van der Waals surface area contributed by atoms with Crippen LogP contribution >= 0.6 is 0 Å². The number of methoxy groups -OCH3 is 2. The summed E-state index contributed by atoms with van der Waals surface area (Å²) in [5.41, 5.74) is -0.457. The molecule has 1 aliphatic rings. The Morgan fingerprint density at radius 1 is 1.54 bits per heavy atom. The first-order valence-electron chi connectivity index (χ1n) is 4.33. The highest BCUT2D eigenvalue weighted by Crippen LogP contribution is 2.43. The predicted octanol–water partition coefficient (Wildman–Crippen LogP) is 0.599. The molecule has 0 aromatic rings. The van der Waals surface area contributed by atoms with Crippen molar-refractivity contribution in [3.63, 3.8) is 0 Å². The average molecular weight is 188 g/mol. The van der Waals surface area contributed by atoms with Gasteiger partial charge in [0.2, 0.25) is 0 Å². The molecule has 1 saturated heterocycles. The molecule has 0 spiro atoms. The number of hydrogen-bond acceptors (Lipinski definition) is 4. The summed E-state index contributed by atoms with van der Waals surface area (Å²) in [6.07, 6.45) is -0.447. The molecule has 1 rings (SSSR count). The van der Waals surface area contributed by atoms with Gasteiger partial charge in [0.1, 0.15) is 5.60 Å². The van der Waals surface area contributed by atoms with Gasteiger partial charge in [-0.15, -0.1) is 0 Å². The second kappa shape index (κ2) is 3.64. The smallest absolute Gasteiger partial charge is 0.338 e. The molecule has 2 unspecified atom stereocenters. The number of carbonyl (C=O) groups excluding carboxylic acids is 1. The van der Waals surface area contributed by atoms with Gasteiger partial charge in [-0.3, -0.25) is 0 Å². The van der Waals surface area contributed by atoms with E-state index in [4.69, 9.17) is 9.47 Å². The third-order valence-corrected chi connectivity index (χ3v) is 2.49. The van der Waals surface area contributed by atoms with Gasteiger partial charge in [0.25, 0.3) is 0 Å². The predicted molar refractivity (Wildman–Crippen MR) is 46.3 cm³/mol. The summed E-state index contributed by atoms with van der Waals surface area (Å²) < 4.78 is 15.0. The van der Waals surface area contributed by atoms with E-state index in [1.165, 1.54) is 7.11 Å². The van der Waals surface area contributed by atoms with Crippen molar-refractivity contribution in [3.05, 3.63) is 0 Å². The van der Waals surface area contributed by atoms with E-state index in [0.29, 0.717) is 6.61 Å². The zero-order chi connectivity index (χ0) is 10.1. The molecule has 0 amide bonds. The average Bonchev–Trinajstić information content (AvgIpc) is 2.80. The Balaban J connectivity index is 2.61. The SMILES string of the molecule is COCC1(C(C)C)OC1C(=O)OC. The molecular formula is C9H16O4. The number of rotatable bonds is 4. The van der Waals surface area contributed by atoms with Gasteiger partial charge >= 0.3 is 5.97 Å². The number of epoxide rings is 1. The summed E-state index contributed by atoms with van der Waals surface area (Å²) in [5, 5.41) is 0. The lowest BCUT2D eigenvalue weighted by atomic mass is 9.93.